The summed E-state index contributed by atoms with van der Waals surface area (Å²) < 4.78 is 4.05. The van der Waals surface area contributed by atoms with E-state index in [4.69, 9.17) is 5.73 Å². The molecule has 2 rings (SSSR count). The molecule has 6 heteroatoms. The fourth-order valence-electron chi connectivity index (χ4n) is 1.37. The van der Waals surface area contributed by atoms with Gasteiger partial charge in [0.1, 0.15) is 5.84 Å². The Morgan fingerprint density at radius 3 is 1.85 bits per heavy atom. The Morgan fingerprint density at radius 2 is 1.40 bits per heavy atom. The molecule has 0 aliphatic heterocycles. The van der Waals surface area contributed by atoms with Crippen molar-refractivity contribution in [3.05, 3.63) is 60.2 Å². The first-order valence-electron chi connectivity index (χ1n) is 6.24. The van der Waals surface area contributed by atoms with Gasteiger partial charge in [0.25, 0.3) is 0 Å². The lowest BCUT2D eigenvalue weighted by molar-refractivity contribution is 1.31. The molecule has 0 saturated carbocycles. The van der Waals surface area contributed by atoms with Crippen LogP contribution in [0.25, 0.3) is 0 Å². The Bertz CT molecular complexity index is 567. The molecule has 20 heavy (non-hydrogen) atoms. The van der Waals surface area contributed by atoms with Gasteiger partial charge in [-0.05, 0) is 33.7 Å². The van der Waals surface area contributed by atoms with Crippen LogP contribution in [0.15, 0.2) is 58.8 Å². The first-order chi connectivity index (χ1) is 9.81. The predicted molar refractivity (Wildman–Crippen MR) is 86.8 cm³/mol. The molecule has 0 spiro atoms. The second-order valence-electron chi connectivity index (χ2n) is 3.42. The molecular weight excluding hydrogens is 269 g/mol. The van der Waals surface area contributed by atoms with Crippen molar-refractivity contribution in [2.45, 2.75) is 13.8 Å². The van der Waals surface area contributed by atoms with E-state index in [0.717, 1.165) is 11.1 Å². The fourth-order valence-corrected chi connectivity index (χ4v) is 1.58. The predicted octanol–water partition coefficient (Wildman–Crippen LogP) is 2.45. The smallest absolute Gasteiger partial charge is 0.160 e. The summed E-state index contributed by atoms with van der Waals surface area (Å²) in [7, 11) is 2.29. The fraction of sp³-hybridized carbons (Fsp3) is 0.143. The number of amidine groups is 2. The molecule has 2 heterocycles. The van der Waals surface area contributed by atoms with Crippen LogP contribution in [0, 0.1) is 0 Å². The molecular formula is C14H18N5P. The highest BCUT2D eigenvalue weighted by Gasteiger charge is 2.03. The Balaban J connectivity index is 0.000000956. The van der Waals surface area contributed by atoms with Crippen LogP contribution in [-0.4, -0.2) is 21.6 Å². The molecule has 1 unspecified atom stereocenters. The molecule has 0 aliphatic carbocycles. The van der Waals surface area contributed by atoms with Gasteiger partial charge in [-0.1, -0.05) is 13.8 Å². The maximum absolute atomic E-state index is 5.93. The van der Waals surface area contributed by atoms with E-state index < -0.39 is 0 Å². The summed E-state index contributed by atoms with van der Waals surface area (Å²) in [5.74, 6) is 0.937. The van der Waals surface area contributed by atoms with E-state index >= 15 is 0 Å². The highest BCUT2D eigenvalue weighted by atomic mass is 31.0. The monoisotopic (exact) mass is 287 g/mol. The third-order valence-corrected chi connectivity index (χ3v) is 2.51. The second-order valence-corrected chi connectivity index (χ2v) is 3.68. The van der Waals surface area contributed by atoms with Crippen LogP contribution in [0.5, 0.6) is 0 Å². The van der Waals surface area contributed by atoms with E-state index in [-0.39, 0.29) is 0 Å². The van der Waals surface area contributed by atoms with Crippen LogP contribution in [-0.2, 0) is 0 Å². The number of aromatic nitrogens is 2. The molecule has 5 nitrogen and oxygen atoms in total. The zero-order chi connectivity index (χ0) is 14.8. The van der Waals surface area contributed by atoms with Gasteiger partial charge in [-0.25, -0.2) is 9.76 Å². The molecule has 1 atom stereocenters. The van der Waals surface area contributed by atoms with E-state index in [0.29, 0.717) is 11.7 Å². The van der Waals surface area contributed by atoms with E-state index in [1.54, 1.807) is 36.9 Å². The minimum atomic E-state index is 0.399. The maximum atomic E-state index is 5.93. The molecule has 0 fully saturated rings. The van der Waals surface area contributed by atoms with Crippen molar-refractivity contribution in [3.63, 3.8) is 0 Å². The van der Waals surface area contributed by atoms with Crippen LogP contribution in [0.4, 0.5) is 0 Å². The molecule has 0 aliphatic rings. The number of nitrogens with zero attached hydrogens (tertiary/aromatic N) is 4. The van der Waals surface area contributed by atoms with Crippen molar-refractivity contribution in [1.29, 1.82) is 0 Å². The lowest BCUT2D eigenvalue weighted by Crippen LogP contribution is -2.16. The van der Waals surface area contributed by atoms with Gasteiger partial charge in [-0.2, -0.15) is 0 Å². The molecule has 0 bridgehead atoms. The second kappa shape index (κ2) is 8.88. The van der Waals surface area contributed by atoms with Gasteiger partial charge in [-0.15, -0.1) is 0 Å². The minimum Gasteiger partial charge on any atom is -0.383 e. The topological polar surface area (TPSA) is 76.5 Å². The highest BCUT2D eigenvalue weighted by Crippen LogP contribution is 2.05. The largest absolute Gasteiger partial charge is 0.383 e. The van der Waals surface area contributed by atoms with E-state index in [1.165, 1.54) is 0 Å². The average Bonchev–Trinajstić information content (AvgIpc) is 2.56. The third kappa shape index (κ3) is 4.52. The number of nitrogens with two attached hydrogens (primary N) is 1. The molecule has 0 radical (unpaired) electrons. The van der Waals surface area contributed by atoms with Gasteiger partial charge >= 0.3 is 0 Å². The van der Waals surface area contributed by atoms with E-state index in [2.05, 4.69) is 29.1 Å². The highest BCUT2D eigenvalue weighted by molar-refractivity contribution is 7.15. The lowest BCUT2D eigenvalue weighted by Gasteiger charge is -2.03. The van der Waals surface area contributed by atoms with Crippen molar-refractivity contribution in [2.24, 2.45) is 15.5 Å². The summed E-state index contributed by atoms with van der Waals surface area (Å²) >= 11 is 0. The Hall–Kier alpha value is -2.13. The summed E-state index contributed by atoms with van der Waals surface area (Å²) in [4.78, 5) is 12.2. The van der Waals surface area contributed by atoms with Gasteiger partial charge < -0.3 is 5.73 Å². The molecule has 104 valence electrons. The zero-order valence-electron chi connectivity index (χ0n) is 11.6. The summed E-state index contributed by atoms with van der Waals surface area (Å²) in [6, 6.07) is 7.25. The van der Waals surface area contributed by atoms with Gasteiger partial charge in [0.2, 0.25) is 0 Å². The van der Waals surface area contributed by atoms with Crippen LogP contribution >= 0.6 is 9.39 Å². The summed E-state index contributed by atoms with van der Waals surface area (Å²) in [6.07, 6.45) is 6.70. The zero-order valence-corrected chi connectivity index (χ0v) is 12.7. The number of pyridine rings is 2. The van der Waals surface area contributed by atoms with Crippen LogP contribution in [0.1, 0.15) is 25.0 Å². The number of rotatable bonds is 2. The van der Waals surface area contributed by atoms with Crippen molar-refractivity contribution < 1.29 is 0 Å². The molecule has 0 amide bonds. The maximum Gasteiger partial charge on any atom is 0.160 e. The lowest BCUT2D eigenvalue weighted by atomic mass is 10.2. The molecule has 2 aromatic rings. The van der Waals surface area contributed by atoms with Crippen molar-refractivity contribution >= 4 is 21.1 Å². The normalized spacial score (nSPS) is 11.6. The van der Waals surface area contributed by atoms with Crippen LogP contribution < -0.4 is 5.73 Å². The van der Waals surface area contributed by atoms with Crippen LogP contribution in [0.3, 0.4) is 0 Å². The summed E-state index contributed by atoms with van der Waals surface area (Å²) in [5.41, 5.74) is 7.59. The van der Waals surface area contributed by atoms with Crippen LogP contribution in [0.2, 0.25) is 0 Å². The Labute approximate surface area is 121 Å². The van der Waals surface area contributed by atoms with Gasteiger partial charge in [0, 0.05) is 35.9 Å². The first kappa shape index (κ1) is 15.9. The molecule has 2 N–H and O–H groups in total. The SMILES string of the molecule is CC.NC(=N/C(=N\P)c1ccncc1)c1ccncc1. The standard InChI is InChI=1S/C12H12N5P.C2H6/c13-11(9-1-5-14-6-2-9)16-12(17-18)10-3-7-15-8-4-10;1-2/h1-8H,18H2,(H2,13,16,17);1-2H3. The van der Waals surface area contributed by atoms with E-state index in [9.17, 15) is 0 Å². The van der Waals surface area contributed by atoms with E-state index in [1.807, 2.05) is 26.0 Å². The quantitative estimate of drug-likeness (QED) is 0.523. The summed E-state index contributed by atoms with van der Waals surface area (Å²) in [5, 5.41) is 0. The Kier molecular flexibility index (Phi) is 7.07. The number of aliphatic imine (C=N–C) groups is 1. The molecule has 0 saturated heterocycles. The molecule has 0 aromatic carbocycles. The van der Waals surface area contributed by atoms with Gasteiger partial charge in [0.05, 0.1) is 0 Å². The molecule has 2 aromatic heterocycles. The summed E-state index contributed by atoms with van der Waals surface area (Å²) in [6.45, 7) is 4.00. The van der Waals surface area contributed by atoms with Crippen molar-refractivity contribution in [2.75, 3.05) is 0 Å². The third-order valence-electron chi connectivity index (χ3n) is 2.26. The van der Waals surface area contributed by atoms with Crippen molar-refractivity contribution in [3.8, 4) is 0 Å². The number of hydrogen-bond acceptors (Lipinski definition) is 3. The van der Waals surface area contributed by atoms with Gasteiger partial charge in [0.15, 0.2) is 5.84 Å². The minimum absolute atomic E-state index is 0.399. The van der Waals surface area contributed by atoms with Gasteiger partial charge in [-0.3, -0.25) is 9.97 Å². The Morgan fingerprint density at radius 1 is 0.950 bits per heavy atom. The number of hydrogen-bond donors (Lipinski definition) is 1. The average molecular weight is 287 g/mol. The van der Waals surface area contributed by atoms with Crippen molar-refractivity contribution in [1.82, 2.24) is 9.97 Å². The first-order valence-corrected chi connectivity index (χ1v) is 6.75.